The minimum Gasteiger partial charge on any atom is -0.462 e. The highest BCUT2D eigenvalue weighted by Gasteiger charge is 2.32. The van der Waals surface area contributed by atoms with Gasteiger partial charge in [-0.1, -0.05) is 0 Å². The summed E-state index contributed by atoms with van der Waals surface area (Å²) in [5, 5.41) is 16.9. The maximum Gasteiger partial charge on any atom is 0.341 e. The van der Waals surface area contributed by atoms with Gasteiger partial charge < -0.3 is 15.8 Å². The minimum atomic E-state index is -3.21. The van der Waals surface area contributed by atoms with Gasteiger partial charge in [0.05, 0.1) is 22.0 Å². The third kappa shape index (κ3) is 4.42. The summed E-state index contributed by atoms with van der Waals surface area (Å²) in [6.45, 7) is 3.59. The van der Waals surface area contributed by atoms with Gasteiger partial charge in [0, 0.05) is 0 Å². The SMILES string of the molecule is CCOC(=O)c1c(NC(=O)Cn2nc(C(F)F)c([N+](=O)[O-])c2C)sc(C(N)=O)c1C. The van der Waals surface area contributed by atoms with Crippen LogP contribution in [0.3, 0.4) is 0 Å². The molecule has 0 fully saturated rings. The molecule has 0 unspecified atom stereocenters. The number of nitrogens with zero attached hydrogens (tertiary/aromatic N) is 3. The van der Waals surface area contributed by atoms with E-state index < -0.39 is 47.1 Å². The summed E-state index contributed by atoms with van der Waals surface area (Å²) in [5.74, 6) is -2.43. The number of ether oxygens (including phenoxy) is 1. The number of alkyl halides is 2. The topological polar surface area (TPSA) is 159 Å². The molecule has 0 aliphatic carbocycles. The van der Waals surface area contributed by atoms with Gasteiger partial charge >= 0.3 is 11.7 Å². The van der Waals surface area contributed by atoms with Crippen molar-refractivity contribution in [2.45, 2.75) is 33.7 Å². The molecule has 0 bridgehead atoms. The van der Waals surface area contributed by atoms with E-state index in [4.69, 9.17) is 10.5 Å². The van der Waals surface area contributed by atoms with Gasteiger partial charge in [-0.05, 0) is 26.3 Å². The van der Waals surface area contributed by atoms with E-state index in [1.54, 1.807) is 6.92 Å². The van der Waals surface area contributed by atoms with Gasteiger partial charge in [-0.2, -0.15) is 5.10 Å². The summed E-state index contributed by atoms with van der Waals surface area (Å²) in [7, 11) is 0. The number of halogens is 2. The van der Waals surface area contributed by atoms with E-state index in [2.05, 4.69) is 10.4 Å². The molecule has 0 aliphatic rings. The van der Waals surface area contributed by atoms with Gasteiger partial charge in [-0.3, -0.25) is 24.4 Å². The van der Waals surface area contributed by atoms with Crippen molar-refractivity contribution in [3.63, 3.8) is 0 Å². The maximum absolute atomic E-state index is 13.0. The number of rotatable bonds is 8. The highest BCUT2D eigenvalue weighted by atomic mass is 32.1. The molecule has 2 heterocycles. The highest BCUT2D eigenvalue weighted by Crippen LogP contribution is 2.34. The molecule has 0 saturated heterocycles. The quantitative estimate of drug-likeness (QED) is 0.358. The predicted molar refractivity (Wildman–Crippen MR) is 101 cm³/mol. The zero-order valence-corrected chi connectivity index (χ0v) is 16.8. The van der Waals surface area contributed by atoms with E-state index in [0.29, 0.717) is 0 Å². The van der Waals surface area contributed by atoms with Crippen LogP contribution in [0.5, 0.6) is 0 Å². The monoisotopic (exact) mass is 445 g/mol. The number of nitro groups is 1. The molecule has 0 radical (unpaired) electrons. The van der Waals surface area contributed by atoms with E-state index in [-0.39, 0.29) is 33.3 Å². The van der Waals surface area contributed by atoms with Crippen molar-refractivity contribution < 1.29 is 32.8 Å². The first-order chi connectivity index (χ1) is 14.0. The van der Waals surface area contributed by atoms with Crippen LogP contribution in [0, 0.1) is 24.0 Å². The van der Waals surface area contributed by atoms with Crippen LogP contribution in [0.15, 0.2) is 0 Å². The average molecular weight is 445 g/mol. The van der Waals surface area contributed by atoms with E-state index in [1.807, 2.05) is 0 Å². The number of primary amides is 1. The number of nitrogens with two attached hydrogens (primary N) is 1. The molecule has 2 amide bonds. The molecule has 3 N–H and O–H groups in total. The molecule has 0 aliphatic heterocycles. The molecule has 0 saturated carbocycles. The molecule has 0 atom stereocenters. The number of carbonyl (C=O) groups is 3. The summed E-state index contributed by atoms with van der Waals surface area (Å²) in [6, 6.07) is 0. The number of anilines is 1. The summed E-state index contributed by atoms with van der Waals surface area (Å²) in [4.78, 5) is 46.3. The number of carbonyl (C=O) groups excluding carboxylic acids is 3. The Balaban J connectivity index is 2.36. The molecule has 30 heavy (non-hydrogen) atoms. The molecular formula is C16H17F2N5O6S. The number of amides is 2. The first-order valence-corrected chi connectivity index (χ1v) is 9.21. The van der Waals surface area contributed by atoms with E-state index in [0.717, 1.165) is 16.0 Å². The lowest BCUT2D eigenvalue weighted by molar-refractivity contribution is -0.386. The van der Waals surface area contributed by atoms with Crippen LogP contribution in [0.4, 0.5) is 19.5 Å². The standard InChI is InChI=1S/C16H17F2N5O6S/c1-4-29-16(26)9-6(2)12(14(19)25)30-15(9)20-8(24)5-22-7(3)11(23(27)28)10(21-22)13(17)18/h13H,4-5H2,1-3H3,(H2,19,25)(H,20,24). The molecule has 14 heteroatoms. The molecule has 2 rings (SSSR count). The number of thiophene rings is 1. The van der Waals surface area contributed by atoms with Crippen molar-refractivity contribution >= 4 is 39.8 Å². The fraction of sp³-hybridized carbons (Fsp3) is 0.375. The molecule has 11 nitrogen and oxygen atoms in total. The number of aromatic nitrogens is 2. The van der Waals surface area contributed by atoms with Crippen molar-refractivity contribution in [2.24, 2.45) is 5.73 Å². The second kappa shape index (κ2) is 8.94. The molecule has 0 aromatic carbocycles. The van der Waals surface area contributed by atoms with Gasteiger partial charge in [0.25, 0.3) is 12.3 Å². The van der Waals surface area contributed by atoms with E-state index in [9.17, 15) is 33.3 Å². The van der Waals surface area contributed by atoms with Crippen LogP contribution in [0.2, 0.25) is 0 Å². The average Bonchev–Trinajstić information content (AvgIpc) is 3.12. The summed E-state index contributed by atoms with van der Waals surface area (Å²) in [5.41, 5.74) is 3.25. The van der Waals surface area contributed by atoms with Crippen LogP contribution >= 0.6 is 11.3 Å². The minimum absolute atomic E-state index is 0.0271. The largest absolute Gasteiger partial charge is 0.462 e. The van der Waals surface area contributed by atoms with Crippen LogP contribution in [-0.2, 0) is 16.1 Å². The second-order valence-electron chi connectivity index (χ2n) is 5.93. The Morgan fingerprint density at radius 2 is 2.00 bits per heavy atom. The summed E-state index contributed by atoms with van der Waals surface area (Å²) < 4.78 is 31.7. The van der Waals surface area contributed by atoms with Gasteiger partial charge in [-0.15, -0.1) is 11.3 Å². The maximum atomic E-state index is 13.0. The third-order valence-electron chi connectivity index (χ3n) is 3.99. The van der Waals surface area contributed by atoms with E-state index >= 15 is 0 Å². The lowest BCUT2D eigenvalue weighted by Gasteiger charge is -2.08. The Bertz CT molecular complexity index is 1030. The first kappa shape index (κ1) is 22.9. The van der Waals surface area contributed by atoms with Crippen LogP contribution in [0.25, 0.3) is 0 Å². The zero-order chi connectivity index (χ0) is 22.7. The highest BCUT2D eigenvalue weighted by molar-refractivity contribution is 7.18. The van der Waals surface area contributed by atoms with Crippen molar-refractivity contribution in [1.29, 1.82) is 0 Å². The third-order valence-corrected chi connectivity index (χ3v) is 5.21. The number of nitrogens with one attached hydrogen (secondary N) is 1. The fourth-order valence-corrected chi connectivity index (χ4v) is 3.74. The summed E-state index contributed by atoms with van der Waals surface area (Å²) in [6.07, 6.45) is -3.21. The van der Waals surface area contributed by atoms with Crippen molar-refractivity contribution in [3.05, 3.63) is 37.5 Å². The molecule has 2 aromatic rings. The fourth-order valence-electron chi connectivity index (χ4n) is 2.67. The molecule has 162 valence electrons. The second-order valence-corrected chi connectivity index (χ2v) is 6.95. The number of hydrogen-bond donors (Lipinski definition) is 2. The number of hydrogen-bond acceptors (Lipinski definition) is 8. The predicted octanol–water partition coefficient (Wildman–Crippen LogP) is 2.32. The zero-order valence-electron chi connectivity index (χ0n) is 16.0. The van der Waals surface area contributed by atoms with Crippen molar-refractivity contribution in [1.82, 2.24) is 9.78 Å². The van der Waals surface area contributed by atoms with Crippen molar-refractivity contribution in [3.8, 4) is 0 Å². The van der Waals surface area contributed by atoms with Crippen LogP contribution < -0.4 is 11.1 Å². The lowest BCUT2D eigenvalue weighted by Crippen LogP contribution is -2.21. The van der Waals surface area contributed by atoms with Crippen LogP contribution in [0.1, 0.15) is 50.3 Å². The molecule has 2 aromatic heterocycles. The Morgan fingerprint density at radius 1 is 1.37 bits per heavy atom. The smallest absolute Gasteiger partial charge is 0.341 e. The Kier molecular flexibility index (Phi) is 6.81. The van der Waals surface area contributed by atoms with Gasteiger partial charge in [0.15, 0.2) is 0 Å². The Hall–Kier alpha value is -3.42. The van der Waals surface area contributed by atoms with Gasteiger partial charge in [-0.25, -0.2) is 13.6 Å². The van der Waals surface area contributed by atoms with Crippen molar-refractivity contribution in [2.75, 3.05) is 11.9 Å². The van der Waals surface area contributed by atoms with Gasteiger partial charge in [0.2, 0.25) is 11.6 Å². The van der Waals surface area contributed by atoms with Crippen LogP contribution in [-0.4, -0.2) is 39.1 Å². The molecule has 0 spiro atoms. The number of esters is 1. The Labute approximate surface area is 171 Å². The summed E-state index contributed by atoms with van der Waals surface area (Å²) >= 11 is 0.744. The Morgan fingerprint density at radius 3 is 2.47 bits per heavy atom. The normalized spacial score (nSPS) is 10.9. The van der Waals surface area contributed by atoms with Gasteiger partial charge in [0.1, 0.15) is 17.2 Å². The van der Waals surface area contributed by atoms with E-state index in [1.165, 1.54) is 13.8 Å². The molecular weight excluding hydrogens is 428 g/mol. The lowest BCUT2D eigenvalue weighted by atomic mass is 10.1. The first-order valence-electron chi connectivity index (χ1n) is 8.39.